The van der Waals surface area contributed by atoms with Gasteiger partial charge in [0.2, 0.25) is 5.91 Å². The van der Waals surface area contributed by atoms with Crippen molar-refractivity contribution in [2.24, 2.45) is 5.92 Å². The molecule has 1 aliphatic heterocycles. The molecule has 3 N–H and O–H groups in total. The molecular weight excluding hydrogens is 244 g/mol. The summed E-state index contributed by atoms with van der Waals surface area (Å²) in [5.74, 6) is 0.417. The summed E-state index contributed by atoms with van der Waals surface area (Å²) in [4.78, 5) is 12.2. The Morgan fingerprint density at radius 2 is 2.37 bits per heavy atom. The average molecular weight is 266 g/mol. The van der Waals surface area contributed by atoms with E-state index in [0.717, 1.165) is 25.1 Å². The Kier molecular flexibility index (Phi) is 4.93. The highest BCUT2D eigenvalue weighted by Gasteiger charge is 2.33. The molecule has 2 heterocycles. The molecule has 1 amide bonds. The predicted molar refractivity (Wildman–Crippen MR) is 73.0 cm³/mol. The van der Waals surface area contributed by atoms with Crippen molar-refractivity contribution in [3.63, 3.8) is 0 Å². The van der Waals surface area contributed by atoms with E-state index in [-0.39, 0.29) is 17.9 Å². The average Bonchev–Trinajstić information content (AvgIpc) is 3.00. The summed E-state index contributed by atoms with van der Waals surface area (Å²) in [6, 6.07) is 1.98. The van der Waals surface area contributed by atoms with Crippen LogP contribution in [-0.4, -0.2) is 41.9 Å². The minimum Gasteiger partial charge on any atom is -0.379 e. The quantitative estimate of drug-likeness (QED) is 0.715. The number of nitrogens with zero attached hydrogens (tertiary/aromatic N) is 1. The van der Waals surface area contributed by atoms with E-state index >= 15 is 0 Å². The Hall–Kier alpha value is -1.40. The molecule has 19 heavy (non-hydrogen) atoms. The summed E-state index contributed by atoms with van der Waals surface area (Å²) in [5, 5.41) is 13.1. The van der Waals surface area contributed by atoms with Crippen LogP contribution >= 0.6 is 0 Å². The van der Waals surface area contributed by atoms with Crippen molar-refractivity contribution in [2.45, 2.75) is 32.7 Å². The number of amides is 1. The lowest BCUT2D eigenvalue weighted by Crippen LogP contribution is -2.41. The molecule has 0 bridgehead atoms. The molecule has 0 radical (unpaired) electrons. The Balaban J connectivity index is 1.92. The van der Waals surface area contributed by atoms with Crippen LogP contribution < -0.4 is 10.6 Å². The molecule has 0 aromatic carbocycles. The second kappa shape index (κ2) is 6.68. The van der Waals surface area contributed by atoms with Crippen molar-refractivity contribution in [3.05, 3.63) is 11.8 Å². The summed E-state index contributed by atoms with van der Waals surface area (Å²) in [6.07, 6.45) is 1.99. The minimum absolute atomic E-state index is 0.0296. The number of nitrogens with one attached hydrogen (secondary N) is 3. The van der Waals surface area contributed by atoms with E-state index in [0.29, 0.717) is 19.0 Å². The van der Waals surface area contributed by atoms with Crippen LogP contribution in [0.1, 0.15) is 26.0 Å². The van der Waals surface area contributed by atoms with Crippen LogP contribution in [0.15, 0.2) is 6.07 Å². The van der Waals surface area contributed by atoms with Crippen LogP contribution in [0.4, 0.5) is 5.82 Å². The first kappa shape index (κ1) is 14.0. The van der Waals surface area contributed by atoms with Gasteiger partial charge in [0.15, 0.2) is 5.82 Å². The third-order valence-corrected chi connectivity index (χ3v) is 3.29. The lowest BCUT2D eigenvalue weighted by molar-refractivity contribution is -0.120. The molecule has 2 rings (SSSR count). The predicted octanol–water partition coefficient (Wildman–Crippen LogP) is 0.925. The largest absolute Gasteiger partial charge is 0.379 e. The van der Waals surface area contributed by atoms with Crippen LogP contribution in [0.2, 0.25) is 0 Å². The fraction of sp³-hybridized carbons (Fsp3) is 0.692. The lowest BCUT2D eigenvalue weighted by atomic mass is 10.0. The monoisotopic (exact) mass is 266 g/mol. The Bertz CT molecular complexity index is 419. The van der Waals surface area contributed by atoms with Crippen molar-refractivity contribution in [3.8, 4) is 0 Å². The molecule has 0 saturated carbocycles. The Morgan fingerprint density at radius 1 is 1.53 bits per heavy atom. The molecule has 6 nitrogen and oxygen atoms in total. The molecule has 1 fully saturated rings. The van der Waals surface area contributed by atoms with Gasteiger partial charge in [-0.1, -0.05) is 20.3 Å². The molecule has 2 atom stereocenters. The van der Waals surface area contributed by atoms with Gasteiger partial charge >= 0.3 is 0 Å². The van der Waals surface area contributed by atoms with E-state index < -0.39 is 0 Å². The maximum absolute atomic E-state index is 12.2. The number of likely N-dealkylation sites (N-methyl/N-ethyl adjacent to an activating group) is 1. The van der Waals surface area contributed by atoms with Gasteiger partial charge in [-0.2, -0.15) is 5.10 Å². The van der Waals surface area contributed by atoms with Crippen LogP contribution in [0.3, 0.4) is 0 Å². The van der Waals surface area contributed by atoms with Crippen LogP contribution in [0.5, 0.6) is 0 Å². The van der Waals surface area contributed by atoms with E-state index in [2.05, 4.69) is 27.8 Å². The zero-order valence-electron chi connectivity index (χ0n) is 11.5. The summed E-state index contributed by atoms with van der Waals surface area (Å²) in [5.41, 5.74) is 1.05. The highest BCUT2D eigenvalue weighted by molar-refractivity contribution is 5.92. The van der Waals surface area contributed by atoms with Crippen molar-refractivity contribution in [2.75, 3.05) is 25.1 Å². The van der Waals surface area contributed by atoms with Gasteiger partial charge in [-0.15, -0.1) is 0 Å². The lowest BCUT2D eigenvalue weighted by Gasteiger charge is -2.16. The standard InChI is InChI=1S/C13H22N4O2/c1-3-5-9-6-12(17-16-9)15-13(18)10-7-19-8-11(10)14-4-2/h6,10-11,14H,3-5,7-8H2,1-2H3,(H2,15,16,17,18). The second-order valence-corrected chi connectivity index (χ2v) is 4.83. The smallest absolute Gasteiger partial charge is 0.232 e. The van der Waals surface area contributed by atoms with Gasteiger partial charge < -0.3 is 15.4 Å². The van der Waals surface area contributed by atoms with Gasteiger partial charge in [-0.25, -0.2) is 0 Å². The first-order valence-electron chi connectivity index (χ1n) is 6.90. The van der Waals surface area contributed by atoms with E-state index in [9.17, 15) is 4.79 Å². The van der Waals surface area contributed by atoms with E-state index in [1.165, 1.54) is 0 Å². The van der Waals surface area contributed by atoms with Gasteiger partial charge in [0.1, 0.15) is 0 Å². The van der Waals surface area contributed by atoms with Crippen molar-refractivity contribution in [1.29, 1.82) is 0 Å². The summed E-state index contributed by atoms with van der Waals surface area (Å²) < 4.78 is 5.37. The number of aryl methyl sites for hydroxylation is 1. The van der Waals surface area contributed by atoms with Gasteiger partial charge in [0.25, 0.3) is 0 Å². The highest BCUT2D eigenvalue weighted by Crippen LogP contribution is 2.16. The summed E-state index contributed by atoms with van der Waals surface area (Å²) in [7, 11) is 0. The molecule has 1 aromatic heterocycles. The Morgan fingerprint density at radius 3 is 3.11 bits per heavy atom. The molecule has 0 spiro atoms. The number of hydrogen-bond donors (Lipinski definition) is 3. The number of anilines is 1. The van der Waals surface area contributed by atoms with Gasteiger partial charge in [-0.3, -0.25) is 9.89 Å². The number of aromatic nitrogens is 2. The number of rotatable bonds is 6. The zero-order valence-corrected chi connectivity index (χ0v) is 11.5. The summed E-state index contributed by atoms with van der Waals surface area (Å²) in [6.45, 7) is 6.03. The first-order valence-corrected chi connectivity index (χ1v) is 6.90. The Labute approximate surface area is 113 Å². The molecule has 6 heteroatoms. The molecule has 1 aromatic rings. The number of carbonyl (C=O) groups is 1. The second-order valence-electron chi connectivity index (χ2n) is 4.83. The maximum atomic E-state index is 12.2. The number of H-pyrrole nitrogens is 1. The van der Waals surface area contributed by atoms with Crippen LogP contribution in [0, 0.1) is 5.92 Å². The fourth-order valence-corrected chi connectivity index (χ4v) is 2.32. The molecule has 106 valence electrons. The molecule has 1 saturated heterocycles. The fourth-order valence-electron chi connectivity index (χ4n) is 2.32. The normalized spacial score (nSPS) is 22.6. The van der Waals surface area contributed by atoms with Gasteiger partial charge in [0.05, 0.1) is 19.1 Å². The number of carbonyl (C=O) groups excluding carboxylic acids is 1. The zero-order chi connectivity index (χ0) is 13.7. The number of hydrogen-bond acceptors (Lipinski definition) is 4. The van der Waals surface area contributed by atoms with Gasteiger partial charge in [-0.05, 0) is 13.0 Å². The van der Waals surface area contributed by atoms with Crippen molar-refractivity contribution in [1.82, 2.24) is 15.5 Å². The maximum Gasteiger partial charge on any atom is 0.232 e. The first-order chi connectivity index (χ1) is 9.24. The van der Waals surface area contributed by atoms with E-state index in [1.807, 2.05) is 13.0 Å². The summed E-state index contributed by atoms with van der Waals surface area (Å²) >= 11 is 0. The van der Waals surface area contributed by atoms with Crippen LogP contribution in [-0.2, 0) is 16.0 Å². The van der Waals surface area contributed by atoms with Crippen LogP contribution in [0.25, 0.3) is 0 Å². The molecule has 1 aliphatic rings. The third kappa shape index (κ3) is 3.54. The molecular formula is C13H22N4O2. The highest BCUT2D eigenvalue weighted by atomic mass is 16.5. The third-order valence-electron chi connectivity index (χ3n) is 3.29. The number of aromatic amines is 1. The number of ether oxygens (including phenoxy) is 1. The minimum atomic E-state index is -0.147. The van der Waals surface area contributed by atoms with E-state index in [1.54, 1.807) is 0 Å². The van der Waals surface area contributed by atoms with Crippen molar-refractivity contribution < 1.29 is 9.53 Å². The molecule has 2 unspecified atom stereocenters. The molecule has 0 aliphatic carbocycles. The van der Waals surface area contributed by atoms with Gasteiger partial charge in [0, 0.05) is 17.8 Å². The SMILES string of the molecule is CCCc1cc(NC(=O)C2COCC2NCC)n[nH]1. The topological polar surface area (TPSA) is 79.0 Å². The van der Waals surface area contributed by atoms with Crippen molar-refractivity contribution >= 4 is 11.7 Å². The van der Waals surface area contributed by atoms with E-state index in [4.69, 9.17) is 4.74 Å².